The summed E-state index contributed by atoms with van der Waals surface area (Å²) < 4.78 is 0. The van der Waals surface area contributed by atoms with E-state index in [1.165, 1.54) is 4.90 Å². The molecule has 0 aliphatic rings. The lowest BCUT2D eigenvalue weighted by molar-refractivity contribution is 0.201. The van der Waals surface area contributed by atoms with E-state index in [1.54, 1.807) is 0 Å². The maximum Gasteiger partial charge on any atom is 0.411 e. The molecule has 0 saturated carbocycles. The van der Waals surface area contributed by atoms with Crippen molar-refractivity contribution in [1.29, 1.82) is 0 Å². The zero-order valence-electron chi connectivity index (χ0n) is 11.1. The van der Waals surface area contributed by atoms with E-state index in [0.717, 1.165) is 35.6 Å². The van der Waals surface area contributed by atoms with E-state index in [0.29, 0.717) is 6.54 Å². The van der Waals surface area contributed by atoms with E-state index in [-0.39, 0.29) is 0 Å². The second-order valence-electron chi connectivity index (χ2n) is 4.12. The summed E-state index contributed by atoms with van der Waals surface area (Å²) in [5.41, 5.74) is 1.93. The van der Waals surface area contributed by atoms with Crippen LogP contribution in [0, 0.1) is 0 Å². The predicted molar refractivity (Wildman–Crippen MR) is 78.6 cm³/mol. The molecule has 0 saturated heterocycles. The minimum Gasteiger partial charge on any atom is -0.465 e. The molecular weight excluding hydrogens is 246 g/mol. The maximum absolute atomic E-state index is 11.3. The number of hydrogen-bond acceptors (Lipinski definition) is 2. The molecule has 0 radical (unpaired) electrons. The Morgan fingerprint density at radius 1 is 1.28 bits per heavy atom. The number of carboxylic acid groups (broad SMARTS) is 1. The number of benzene rings is 1. The first-order chi connectivity index (χ1) is 8.70. The van der Waals surface area contributed by atoms with Gasteiger partial charge in [-0.25, -0.2) is 4.79 Å². The van der Waals surface area contributed by atoms with Gasteiger partial charge < -0.3 is 5.11 Å². The predicted octanol–water partition coefficient (Wildman–Crippen LogP) is 4.22. The SMILES string of the molecule is CCCSCc1ccccc1N(CCC)C(=O)O. The monoisotopic (exact) mass is 267 g/mol. The Hall–Kier alpha value is -1.16. The third kappa shape index (κ3) is 4.26. The number of nitrogens with zero attached hydrogens (tertiary/aromatic N) is 1. The molecule has 0 bridgehead atoms. The van der Waals surface area contributed by atoms with Crippen LogP contribution in [0.15, 0.2) is 24.3 Å². The molecule has 1 aromatic rings. The summed E-state index contributed by atoms with van der Waals surface area (Å²) >= 11 is 1.85. The molecule has 1 rings (SSSR count). The van der Waals surface area contributed by atoms with Crippen molar-refractivity contribution >= 4 is 23.5 Å². The number of para-hydroxylation sites is 1. The van der Waals surface area contributed by atoms with Gasteiger partial charge in [-0.1, -0.05) is 32.0 Å². The van der Waals surface area contributed by atoms with Crippen LogP contribution in [-0.2, 0) is 5.75 Å². The van der Waals surface area contributed by atoms with Gasteiger partial charge in [-0.15, -0.1) is 0 Å². The highest BCUT2D eigenvalue weighted by Gasteiger charge is 2.16. The Kier molecular flexibility index (Phi) is 6.65. The van der Waals surface area contributed by atoms with Crippen LogP contribution in [0.2, 0.25) is 0 Å². The Balaban J connectivity index is 2.87. The summed E-state index contributed by atoms with van der Waals surface area (Å²) in [4.78, 5) is 12.7. The van der Waals surface area contributed by atoms with Gasteiger partial charge in [0, 0.05) is 12.3 Å². The molecule has 0 fully saturated rings. The molecule has 0 aliphatic heterocycles. The molecule has 1 N–H and O–H groups in total. The first-order valence-electron chi connectivity index (χ1n) is 6.36. The zero-order valence-corrected chi connectivity index (χ0v) is 11.9. The molecule has 18 heavy (non-hydrogen) atoms. The molecule has 0 spiro atoms. The van der Waals surface area contributed by atoms with Crippen LogP contribution in [0.3, 0.4) is 0 Å². The first kappa shape index (κ1) is 14.9. The van der Waals surface area contributed by atoms with Gasteiger partial charge in [0.2, 0.25) is 0 Å². The Morgan fingerprint density at radius 2 is 2.00 bits per heavy atom. The molecule has 3 nitrogen and oxygen atoms in total. The van der Waals surface area contributed by atoms with Gasteiger partial charge in [-0.3, -0.25) is 4.90 Å². The van der Waals surface area contributed by atoms with Gasteiger partial charge in [0.25, 0.3) is 0 Å². The van der Waals surface area contributed by atoms with Crippen molar-refractivity contribution < 1.29 is 9.90 Å². The fraction of sp³-hybridized carbons (Fsp3) is 0.500. The van der Waals surface area contributed by atoms with Crippen molar-refractivity contribution in [2.24, 2.45) is 0 Å². The average Bonchev–Trinajstić information content (AvgIpc) is 2.37. The fourth-order valence-corrected chi connectivity index (χ4v) is 2.66. The van der Waals surface area contributed by atoms with E-state index >= 15 is 0 Å². The van der Waals surface area contributed by atoms with Crippen molar-refractivity contribution in [3.8, 4) is 0 Å². The van der Waals surface area contributed by atoms with Crippen LogP contribution in [0.25, 0.3) is 0 Å². The minimum atomic E-state index is -0.871. The van der Waals surface area contributed by atoms with Crippen LogP contribution in [0.5, 0.6) is 0 Å². The van der Waals surface area contributed by atoms with Crippen LogP contribution >= 0.6 is 11.8 Å². The second kappa shape index (κ2) is 8.03. The number of carbonyl (C=O) groups is 1. The van der Waals surface area contributed by atoms with Gasteiger partial charge >= 0.3 is 6.09 Å². The smallest absolute Gasteiger partial charge is 0.411 e. The molecular formula is C14H21NO2S. The van der Waals surface area contributed by atoms with E-state index in [1.807, 2.05) is 43.0 Å². The van der Waals surface area contributed by atoms with Crippen LogP contribution < -0.4 is 4.90 Å². The number of thioether (sulfide) groups is 1. The van der Waals surface area contributed by atoms with E-state index in [9.17, 15) is 9.90 Å². The second-order valence-corrected chi connectivity index (χ2v) is 5.22. The summed E-state index contributed by atoms with van der Waals surface area (Å²) in [6, 6.07) is 7.78. The van der Waals surface area contributed by atoms with Crippen LogP contribution in [-0.4, -0.2) is 23.5 Å². The Labute approximate surface area is 113 Å². The highest BCUT2D eigenvalue weighted by molar-refractivity contribution is 7.98. The van der Waals surface area contributed by atoms with Crippen molar-refractivity contribution in [2.45, 2.75) is 32.4 Å². The van der Waals surface area contributed by atoms with Crippen LogP contribution in [0.4, 0.5) is 10.5 Å². The topological polar surface area (TPSA) is 40.5 Å². The van der Waals surface area contributed by atoms with Gasteiger partial charge in [-0.05, 0) is 30.2 Å². The molecule has 0 aliphatic carbocycles. The lowest BCUT2D eigenvalue weighted by Crippen LogP contribution is -2.30. The zero-order chi connectivity index (χ0) is 13.4. The molecule has 0 unspecified atom stereocenters. The Morgan fingerprint density at radius 3 is 2.61 bits per heavy atom. The van der Waals surface area contributed by atoms with Crippen molar-refractivity contribution in [2.75, 3.05) is 17.2 Å². The standard InChI is InChI=1S/C14H21NO2S/c1-3-9-15(14(16)17)13-8-6-5-7-12(13)11-18-10-4-2/h5-8H,3-4,9-11H2,1-2H3,(H,16,17). The molecule has 1 aromatic carbocycles. The minimum absolute atomic E-state index is 0.546. The van der Waals surface area contributed by atoms with Crippen LogP contribution in [0.1, 0.15) is 32.3 Å². The summed E-state index contributed by atoms with van der Waals surface area (Å²) in [6.45, 7) is 4.69. The molecule has 0 heterocycles. The molecule has 0 atom stereocenters. The normalized spacial score (nSPS) is 10.3. The Bertz CT molecular complexity index is 382. The van der Waals surface area contributed by atoms with E-state index in [4.69, 9.17) is 0 Å². The third-order valence-corrected chi connectivity index (χ3v) is 3.78. The van der Waals surface area contributed by atoms with E-state index < -0.39 is 6.09 Å². The third-order valence-electron chi connectivity index (χ3n) is 2.57. The summed E-state index contributed by atoms with van der Waals surface area (Å²) in [5.74, 6) is 1.98. The highest BCUT2D eigenvalue weighted by Crippen LogP contribution is 2.25. The largest absolute Gasteiger partial charge is 0.465 e. The highest BCUT2D eigenvalue weighted by atomic mass is 32.2. The average molecular weight is 267 g/mol. The molecule has 0 aromatic heterocycles. The number of amides is 1. The quantitative estimate of drug-likeness (QED) is 0.752. The lowest BCUT2D eigenvalue weighted by atomic mass is 10.2. The lowest BCUT2D eigenvalue weighted by Gasteiger charge is -2.21. The first-order valence-corrected chi connectivity index (χ1v) is 7.52. The fourth-order valence-electron chi connectivity index (χ4n) is 1.77. The van der Waals surface area contributed by atoms with Gasteiger partial charge in [-0.2, -0.15) is 11.8 Å². The molecule has 4 heteroatoms. The van der Waals surface area contributed by atoms with Crippen molar-refractivity contribution in [3.05, 3.63) is 29.8 Å². The van der Waals surface area contributed by atoms with Gasteiger partial charge in [0.15, 0.2) is 0 Å². The molecule has 1 amide bonds. The van der Waals surface area contributed by atoms with Gasteiger partial charge in [0.1, 0.15) is 0 Å². The summed E-state index contributed by atoms with van der Waals surface area (Å²) in [7, 11) is 0. The maximum atomic E-state index is 11.3. The number of hydrogen-bond donors (Lipinski definition) is 1. The number of rotatable bonds is 7. The molecule has 100 valence electrons. The van der Waals surface area contributed by atoms with Crippen molar-refractivity contribution in [1.82, 2.24) is 0 Å². The number of anilines is 1. The summed E-state index contributed by atoms with van der Waals surface area (Å²) in [5, 5.41) is 9.27. The van der Waals surface area contributed by atoms with Crippen molar-refractivity contribution in [3.63, 3.8) is 0 Å². The summed E-state index contributed by atoms with van der Waals surface area (Å²) in [6.07, 6.45) is 1.09. The van der Waals surface area contributed by atoms with E-state index in [2.05, 4.69) is 6.92 Å². The van der Waals surface area contributed by atoms with Gasteiger partial charge in [0.05, 0.1) is 5.69 Å².